The lowest BCUT2D eigenvalue weighted by Gasteiger charge is -1.97. The smallest absolute Gasteiger partial charge is 0.211 e. The van der Waals surface area contributed by atoms with Crippen LogP contribution in [-0.2, 0) is 4.79 Å². The standard InChI is InChI=1S/C10H10N2O.C10H12N2/c1-7-4-8-5-9(11-6-13)2-3-10(8)12-7;1-7-5-8-6-9(11-2)3-4-10(8)12-7/h2-6,12H,1H3,(H,11,13);3-6,11-12H,1-2H3. The van der Waals surface area contributed by atoms with Crippen LogP contribution in [0.15, 0.2) is 48.5 Å². The number of fused-ring (bicyclic) bond motifs is 2. The fourth-order valence-corrected chi connectivity index (χ4v) is 2.87. The number of hydrogen-bond donors (Lipinski definition) is 4. The maximum atomic E-state index is 10.2. The van der Waals surface area contributed by atoms with Crippen LogP contribution in [0, 0.1) is 13.8 Å². The van der Waals surface area contributed by atoms with Crippen LogP contribution in [-0.4, -0.2) is 23.4 Å². The Morgan fingerprint density at radius 3 is 1.84 bits per heavy atom. The summed E-state index contributed by atoms with van der Waals surface area (Å²) in [5, 5.41) is 8.11. The number of hydrogen-bond acceptors (Lipinski definition) is 2. The van der Waals surface area contributed by atoms with Crippen molar-refractivity contribution in [2.45, 2.75) is 13.8 Å². The van der Waals surface area contributed by atoms with Crippen molar-refractivity contribution in [1.29, 1.82) is 0 Å². The predicted octanol–water partition coefficient (Wildman–Crippen LogP) is 4.56. The summed E-state index contributed by atoms with van der Waals surface area (Å²) < 4.78 is 0. The van der Waals surface area contributed by atoms with Crippen LogP contribution >= 0.6 is 0 Å². The van der Waals surface area contributed by atoms with Gasteiger partial charge in [0, 0.05) is 51.6 Å². The normalized spacial score (nSPS) is 10.4. The quantitative estimate of drug-likeness (QED) is 0.415. The van der Waals surface area contributed by atoms with Crippen LogP contribution in [0.3, 0.4) is 0 Å². The zero-order chi connectivity index (χ0) is 17.8. The van der Waals surface area contributed by atoms with Gasteiger partial charge in [0.1, 0.15) is 0 Å². The molecule has 0 atom stereocenters. The number of carbonyl (C=O) groups is 1. The fraction of sp³-hybridized carbons (Fsp3) is 0.150. The van der Waals surface area contributed by atoms with Crippen molar-refractivity contribution in [3.8, 4) is 0 Å². The lowest BCUT2D eigenvalue weighted by Crippen LogP contribution is -1.92. The summed E-state index contributed by atoms with van der Waals surface area (Å²) in [6.45, 7) is 4.08. The topological polar surface area (TPSA) is 72.7 Å². The van der Waals surface area contributed by atoms with E-state index in [0.717, 1.165) is 28.0 Å². The van der Waals surface area contributed by atoms with Gasteiger partial charge < -0.3 is 20.6 Å². The number of aryl methyl sites for hydroxylation is 2. The molecule has 0 radical (unpaired) electrons. The number of aromatic nitrogens is 2. The first-order valence-corrected chi connectivity index (χ1v) is 8.16. The molecule has 0 saturated carbocycles. The van der Waals surface area contributed by atoms with E-state index in [4.69, 9.17) is 0 Å². The largest absolute Gasteiger partial charge is 0.388 e. The molecule has 0 aliphatic carbocycles. The molecule has 128 valence electrons. The highest BCUT2D eigenvalue weighted by Gasteiger charge is 1.98. The van der Waals surface area contributed by atoms with E-state index < -0.39 is 0 Å². The molecule has 0 aliphatic rings. The number of amides is 1. The van der Waals surface area contributed by atoms with Crippen molar-refractivity contribution in [3.05, 3.63) is 59.9 Å². The molecule has 2 heterocycles. The third kappa shape index (κ3) is 3.83. The Labute approximate surface area is 146 Å². The van der Waals surface area contributed by atoms with Gasteiger partial charge in [0.2, 0.25) is 6.41 Å². The van der Waals surface area contributed by atoms with Crippen LogP contribution in [0.25, 0.3) is 21.8 Å². The summed E-state index contributed by atoms with van der Waals surface area (Å²) in [5.41, 5.74) is 6.60. The molecule has 0 aliphatic heterocycles. The van der Waals surface area contributed by atoms with Crippen molar-refractivity contribution < 1.29 is 4.79 Å². The number of carbonyl (C=O) groups excluding carboxylic acids is 1. The highest BCUT2D eigenvalue weighted by molar-refractivity contribution is 5.86. The lowest BCUT2D eigenvalue weighted by atomic mass is 10.2. The summed E-state index contributed by atoms with van der Waals surface area (Å²) in [5.74, 6) is 0. The Hall–Kier alpha value is -3.21. The fourth-order valence-electron chi connectivity index (χ4n) is 2.87. The van der Waals surface area contributed by atoms with Gasteiger partial charge in [-0.25, -0.2) is 0 Å². The van der Waals surface area contributed by atoms with Gasteiger partial charge in [0.15, 0.2) is 0 Å². The third-order valence-corrected chi connectivity index (χ3v) is 4.03. The van der Waals surface area contributed by atoms with E-state index in [1.54, 1.807) is 0 Å². The lowest BCUT2D eigenvalue weighted by molar-refractivity contribution is -0.105. The maximum Gasteiger partial charge on any atom is 0.211 e. The van der Waals surface area contributed by atoms with Gasteiger partial charge in [-0.15, -0.1) is 0 Å². The van der Waals surface area contributed by atoms with Crippen LogP contribution in [0.1, 0.15) is 11.4 Å². The summed E-state index contributed by atoms with van der Waals surface area (Å²) >= 11 is 0. The Balaban J connectivity index is 0.000000146. The number of H-pyrrole nitrogens is 2. The number of anilines is 2. The van der Waals surface area contributed by atoms with Crippen molar-refractivity contribution in [2.24, 2.45) is 0 Å². The first-order valence-electron chi connectivity index (χ1n) is 8.16. The monoisotopic (exact) mass is 334 g/mol. The van der Waals surface area contributed by atoms with Gasteiger partial charge in [-0.05, 0) is 62.4 Å². The molecule has 5 nitrogen and oxygen atoms in total. The Morgan fingerprint density at radius 1 is 0.800 bits per heavy atom. The molecule has 2 aromatic heterocycles. The van der Waals surface area contributed by atoms with Gasteiger partial charge in [-0.2, -0.15) is 0 Å². The molecule has 4 rings (SSSR count). The molecule has 0 fully saturated rings. The number of nitrogens with one attached hydrogen (secondary N) is 4. The molecule has 5 heteroatoms. The van der Waals surface area contributed by atoms with Gasteiger partial charge >= 0.3 is 0 Å². The summed E-state index contributed by atoms with van der Waals surface area (Å²) in [4.78, 5) is 16.7. The summed E-state index contributed by atoms with van der Waals surface area (Å²) in [6.07, 6.45) is 0.681. The number of benzene rings is 2. The van der Waals surface area contributed by atoms with E-state index in [0.29, 0.717) is 6.41 Å². The molecular weight excluding hydrogens is 312 g/mol. The molecule has 2 aromatic carbocycles. The van der Waals surface area contributed by atoms with Crippen molar-refractivity contribution in [1.82, 2.24) is 9.97 Å². The van der Waals surface area contributed by atoms with Crippen LogP contribution < -0.4 is 10.6 Å². The average Bonchev–Trinajstić information content (AvgIpc) is 3.14. The molecular formula is C20H22N4O. The summed E-state index contributed by atoms with van der Waals surface area (Å²) in [6, 6.07) is 16.3. The summed E-state index contributed by atoms with van der Waals surface area (Å²) in [7, 11) is 1.93. The third-order valence-electron chi connectivity index (χ3n) is 4.03. The van der Waals surface area contributed by atoms with E-state index in [-0.39, 0.29) is 0 Å². The van der Waals surface area contributed by atoms with E-state index in [1.807, 2.05) is 38.2 Å². The minimum Gasteiger partial charge on any atom is -0.388 e. The van der Waals surface area contributed by atoms with Crippen LogP contribution in [0.5, 0.6) is 0 Å². The van der Waals surface area contributed by atoms with E-state index in [2.05, 4.69) is 51.8 Å². The van der Waals surface area contributed by atoms with E-state index in [1.165, 1.54) is 16.6 Å². The molecule has 0 bridgehead atoms. The molecule has 4 aromatic rings. The average molecular weight is 334 g/mol. The van der Waals surface area contributed by atoms with Gasteiger partial charge in [0.05, 0.1) is 0 Å². The molecule has 0 saturated heterocycles. The SMILES string of the molecule is CNc1ccc2[nH]c(C)cc2c1.Cc1cc2cc(NC=O)ccc2[nH]1. The van der Waals surface area contributed by atoms with Crippen molar-refractivity contribution in [3.63, 3.8) is 0 Å². The van der Waals surface area contributed by atoms with E-state index >= 15 is 0 Å². The predicted molar refractivity (Wildman–Crippen MR) is 105 cm³/mol. The molecule has 1 amide bonds. The van der Waals surface area contributed by atoms with Gasteiger partial charge in [0.25, 0.3) is 0 Å². The van der Waals surface area contributed by atoms with Crippen molar-refractivity contribution >= 4 is 39.6 Å². The zero-order valence-corrected chi connectivity index (χ0v) is 14.6. The first kappa shape index (κ1) is 16.6. The highest BCUT2D eigenvalue weighted by atomic mass is 16.1. The Kier molecular flexibility index (Phi) is 4.75. The second kappa shape index (κ2) is 7.13. The number of aromatic amines is 2. The first-order chi connectivity index (χ1) is 12.1. The minimum atomic E-state index is 0.681. The van der Waals surface area contributed by atoms with Gasteiger partial charge in [-0.1, -0.05) is 0 Å². The molecule has 0 unspecified atom stereocenters. The number of rotatable bonds is 3. The van der Waals surface area contributed by atoms with Crippen molar-refractivity contribution in [2.75, 3.05) is 17.7 Å². The van der Waals surface area contributed by atoms with Crippen LogP contribution in [0.4, 0.5) is 11.4 Å². The van der Waals surface area contributed by atoms with Crippen LogP contribution in [0.2, 0.25) is 0 Å². The van der Waals surface area contributed by atoms with Gasteiger partial charge in [-0.3, -0.25) is 4.79 Å². The maximum absolute atomic E-state index is 10.2. The molecule has 0 spiro atoms. The second-order valence-corrected chi connectivity index (χ2v) is 6.02. The van der Waals surface area contributed by atoms with E-state index in [9.17, 15) is 4.79 Å². The highest BCUT2D eigenvalue weighted by Crippen LogP contribution is 2.20. The Bertz CT molecular complexity index is 1010. The minimum absolute atomic E-state index is 0.681. The zero-order valence-electron chi connectivity index (χ0n) is 14.6. The molecule has 25 heavy (non-hydrogen) atoms. The molecule has 4 N–H and O–H groups in total. The Morgan fingerprint density at radius 2 is 1.32 bits per heavy atom. The second-order valence-electron chi connectivity index (χ2n) is 6.02.